The Morgan fingerprint density at radius 2 is 2.40 bits per heavy atom. The fourth-order valence-corrected chi connectivity index (χ4v) is 2.41. The Bertz CT molecular complexity index is 444. The molecule has 1 heterocycles. The van der Waals surface area contributed by atoms with Crippen LogP contribution in [0.4, 0.5) is 0 Å². The third-order valence-electron chi connectivity index (χ3n) is 3.67. The standard InChI is InChI=1S/C15H23N3O2/c1-18(13-6-7-16-10-13)11-15(19)17-9-12-4-3-5-14(8-12)20-2/h3-5,8,13,16H,6-7,9-11H2,1-2H3,(H,17,19). The van der Waals surface area contributed by atoms with Crippen molar-refractivity contribution in [1.29, 1.82) is 0 Å². The van der Waals surface area contributed by atoms with Crippen LogP contribution in [-0.4, -0.2) is 50.6 Å². The van der Waals surface area contributed by atoms with Gasteiger partial charge in [0.2, 0.25) is 5.91 Å². The molecule has 2 N–H and O–H groups in total. The van der Waals surface area contributed by atoms with Gasteiger partial charge in [-0.3, -0.25) is 9.69 Å². The Balaban J connectivity index is 1.76. The monoisotopic (exact) mass is 277 g/mol. The van der Waals surface area contributed by atoms with Gasteiger partial charge in [0, 0.05) is 19.1 Å². The molecule has 1 aliphatic rings. The minimum Gasteiger partial charge on any atom is -0.497 e. The third kappa shape index (κ3) is 4.21. The minimum atomic E-state index is 0.0576. The van der Waals surface area contributed by atoms with E-state index >= 15 is 0 Å². The van der Waals surface area contributed by atoms with E-state index < -0.39 is 0 Å². The summed E-state index contributed by atoms with van der Waals surface area (Å²) in [5.41, 5.74) is 1.04. The first kappa shape index (κ1) is 14.8. The molecule has 0 saturated carbocycles. The Hall–Kier alpha value is -1.59. The first-order valence-corrected chi connectivity index (χ1v) is 6.99. The summed E-state index contributed by atoms with van der Waals surface area (Å²) in [6.45, 7) is 2.99. The highest BCUT2D eigenvalue weighted by atomic mass is 16.5. The van der Waals surface area contributed by atoms with Crippen molar-refractivity contribution >= 4 is 5.91 Å². The van der Waals surface area contributed by atoms with Gasteiger partial charge in [-0.15, -0.1) is 0 Å². The van der Waals surface area contributed by atoms with E-state index in [1.807, 2.05) is 31.3 Å². The lowest BCUT2D eigenvalue weighted by atomic mass is 10.2. The van der Waals surface area contributed by atoms with Crippen LogP contribution in [-0.2, 0) is 11.3 Å². The van der Waals surface area contributed by atoms with Crippen LogP contribution in [0.2, 0.25) is 0 Å². The molecule has 1 fully saturated rings. The molecule has 1 saturated heterocycles. The van der Waals surface area contributed by atoms with E-state index in [1.165, 1.54) is 0 Å². The number of rotatable bonds is 6. The summed E-state index contributed by atoms with van der Waals surface area (Å²) in [4.78, 5) is 14.0. The average molecular weight is 277 g/mol. The summed E-state index contributed by atoms with van der Waals surface area (Å²) < 4.78 is 5.17. The molecular formula is C15H23N3O2. The molecule has 1 aromatic rings. The maximum atomic E-state index is 11.9. The lowest BCUT2D eigenvalue weighted by Gasteiger charge is -2.22. The summed E-state index contributed by atoms with van der Waals surface area (Å²) in [5.74, 6) is 0.869. The summed E-state index contributed by atoms with van der Waals surface area (Å²) in [5, 5.41) is 6.26. The van der Waals surface area contributed by atoms with E-state index in [9.17, 15) is 4.79 Å². The van der Waals surface area contributed by atoms with Crippen LogP contribution in [0.5, 0.6) is 5.75 Å². The number of nitrogens with zero attached hydrogens (tertiary/aromatic N) is 1. The number of ether oxygens (including phenoxy) is 1. The van der Waals surface area contributed by atoms with Gasteiger partial charge in [0.25, 0.3) is 0 Å². The predicted octanol–water partition coefficient (Wildman–Crippen LogP) is 0.605. The van der Waals surface area contributed by atoms with Gasteiger partial charge in [-0.05, 0) is 37.7 Å². The molecular weight excluding hydrogens is 254 g/mol. The fourth-order valence-electron chi connectivity index (χ4n) is 2.41. The van der Waals surface area contributed by atoms with Crippen LogP contribution in [0.1, 0.15) is 12.0 Å². The van der Waals surface area contributed by atoms with Gasteiger partial charge in [-0.25, -0.2) is 0 Å². The van der Waals surface area contributed by atoms with Gasteiger partial charge in [0.1, 0.15) is 5.75 Å². The zero-order chi connectivity index (χ0) is 14.4. The van der Waals surface area contributed by atoms with Crippen LogP contribution in [0.3, 0.4) is 0 Å². The van der Waals surface area contributed by atoms with E-state index in [0.29, 0.717) is 19.1 Å². The van der Waals surface area contributed by atoms with Gasteiger partial charge in [0.05, 0.1) is 13.7 Å². The second-order valence-electron chi connectivity index (χ2n) is 5.19. The van der Waals surface area contributed by atoms with Crippen LogP contribution < -0.4 is 15.4 Å². The van der Waals surface area contributed by atoms with Crippen molar-refractivity contribution < 1.29 is 9.53 Å². The van der Waals surface area contributed by atoms with Crippen LogP contribution in [0.15, 0.2) is 24.3 Å². The van der Waals surface area contributed by atoms with Crippen LogP contribution in [0.25, 0.3) is 0 Å². The Labute approximate surface area is 120 Å². The van der Waals surface area contributed by atoms with Crippen molar-refractivity contribution in [2.45, 2.75) is 19.0 Å². The molecule has 0 aliphatic carbocycles. The second-order valence-corrected chi connectivity index (χ2v) is 5.19. The molecule has 5 nitrogen and oxygen atoms in total. The summed E-state index contributed by atoms with van der Waals surface area (Å²) in [6.07, 6.45) is 1.11. The molecule has 1 amide bonds. The van der Waals surface area contributed by atoms with E-state index in [0.717, 1.165) is 30.8 Å². The van der Waals surface area contributed by atoms with E-state index in [2.05, 4.69) is 15.5 Å². The van der Waals surface area contributed by atoms with E-state index in [1.54, 1.807) is 7.11 Å². The quantitative estimate of drug-likeness (QED) is 0.800. The maximum Gasteiger partial charge on any atom is 0.234 e. The minimum absolute atomic E-state index is 0.0576. The maximum absolute atomic E-state index is 11.9. The fraction of sp³-hybridized carbons (Fsp3) is 0.533. The molecule has 1 unspecified atom stereocenters. The number of benzene rings is 1. The number of carbonyl (C=O) groups is 1. The van der Waals surface area contributed by atoms with Gasteiger partial charge in [-0.2, -0.15) is 0 Å². The van der Waals surface area contributed by atoms with E-state index in [4.69, 9.17) is 4.74 Å². The van der Waals surface area contributed by atoms with Crippen LogP contribution >= 0.6 is 0 Å². The normalized spacial score (nSPS) is 18.2. The van der Waals surface area contributed by atoms with Crippen molar-refractivity contribution in [3.05, 3.63) is 29.8 Å². The Kier molecular flexibility index (Phi) is 5.38. The molecule has 1 atom stereocenters. The van der Waals surface area contributed by atoms with Gasteiger partial charge >= 0.3 is 0 Å². The largest absolute Gasteiger partial charge is 0.497 e. The zero-order valence-electron chi connectivity index (χ0n) is 12.2. The highest BCUT2D eigenvalue weighted by Crippen LogP contribution is 2.12. The molecule has 5 heteroatoms. The van der Waals surface area contributed by atoms with Crippen molar-refractivity contribution in [3.8, 4) is 5.75 Å². The number of likely N-dealkylation sites (N-methyl/N-ethyl adjacent to an activating group) is 1. The topological polar surface area (TPSA) is 53.6 Å². The lowest BCUT2D eigenvalue weighted by molar-refractivity contribution is -0.122. The molecule has 0 aromatic heterocycles. The number of hydrogen-bond donors (Lipinski definition) is 2. The molecule has 0 bridgehead atoms. The second kappa shape index (κ2) is 7.26. The predicted molar refractivity (Wildman–Crippen MR) is 78.7 cm³/mol. The number of hydrogen-bond acceptors (Lipinski definition) is 4. The zero-order valence-corrected chi connectivity index (χ0v) is 12.2. The third-order valence-corrected chi connectivity index (χ3v) is 3.67. The first-order chi connectivity index (χ1) is 9.69. The van der Waals surface area contributed by atoms with Crippen molar-refractivity contribution in [1.82, 2.24) is 15.5 Å². The highest BCUT2D eigenvalue weighted by Gasteiger charge is 2.20. The van der Waals surface area contributed by atoms with Gasteiger partial charge in [-0.1, -0.05) is 12.1 Å². The molecule has 1 aromatic carbocycles. The summed E-state index contributed by atoms with van der Waals surface area (Å²) >= 11 is 0. The average Bonchev–Trinajstić information content (AvgIpc) is 2.99. The highest BCUT2D eigenvalue weighted by molar-refractivity contribution is 5.78. The van der Waals surface area contributed by atoms with Crippen LogP contribution in [0, 0.1) is 0 Å². The smallest absolute Gasteiger partial charge is 0.234 e. The van der Waals surface area contributed by atoms with E-state index in [-0.39, 0.29) is 5.91 Å². The molecule has 2 rings (SSSR count). The number of carbonyl (C=O) groups excluding carboxylic acids is 1. The number of amides is 1. The van der Waals surface area contributed by atoms with Crippen molar-refractivity contribution in [3.63, 3.8) is 0 Å². The SMILES string of the molecule is COc1cccc(CNC(=O)CN(C)C2CCNC2)c1. The summed E-state index contributed by atoms with van der Waals surface area (Å²) in [6, 6.07) is 8.21. The number of methoxy groups -OCH3 is 1. The van der Waals surface area contributed by atoms with Gasteiger partial charge in [0.15, 0.2) is 0 Å². The molecule has 0 radical (unpaired) electrons. The molecule has 20 heavy (non-hydrogen) atoms. The molecule has 1 aliphatic heterocycles. The van der Waals surface area contributed by atoms with Crippen molar-refractivity contribution in [2.24, 2.45) is 0 Å². The first-order valence-electron chi connectivity index (χ1n) is 6.99. The summed E-state index contributed by atoms with van der Waals surface area (Å²) in [7, 11) is 3.64. The lowest BCUT2D eigenvalue weighted by Crippen LogP contribution is -2.41. The molecule has 110 valence electrons. The van der Waals surface area contributed by atoms with Gasteiger partial charge < -0.3 is 15.4 Å². The Morgan fingerprint density at radius 3 is 3.10 bits per heavy atom. The van der Waals surface area contributed by atoms with Crippen molar-refractivity contribution in [2.75, 3.05) is 33.8 Å². The number of nitrogens with one attached hydrogen (secondary N) is 2. The Morgan fingerprint density at radius 1 is 1.55 bits per heavy atom. The molecule has 0 spiro atoms.